The largest absolute Gasteiger partial charge is 0.371 e. The molecule has 2 aliphatic heterocycles. The molecule has 2 atom stereocenters. The minimum absolute atomic E-state index is 0.0440. The molecule has 2 rings (SSSR count). The summed E-state index contributed by atoms with van der Waals surface area (Å²) in [5, 5.41) is 3.53. The molecule has 0 radical (unpaired) electrons. The van der Waals surface area contributed by atoms with Crippen molar-refractivity contribution in [3.8, 4) is 0 Å². The zero-order valence-corrected chi connectivity index (χ0v) is 10.3. The van der Waals surface area contributed by atoms with Crippen LogP contribution in [0.2, 0.25) is 0 Å². The van der Waals surface area contributed by atoms with Crippen molar-refractivity contribution in [1.29, 1.82) is 0 Å². The highest BCUT2D eigenvalue weighted by Crippen LogP contribution is 2.36. The lowest BCUT2D eigenvalue weighted by Gasteiger charge is -2.39. The standard InChI is InChI=1S/C12H23NO2/c1-9(2)10-5-13-12(14-6-10)7-11(3,4)15-8-12/h9-10,13H,5-8H2,1-4H3. The van der Waals surface area contributed by atoms with Gasteiger partial charge in [-0.15, -0.1) is 0 Å². The summed E-state index contributed by atoms with van der Waals surface area (Å²) in [6, 6.07) is 0. The van der Waals surface area contributed by atoms with E-state index < -0.39 is 0 Å². The quantitative estimate of drug-likeness (QED) is 0.720. The molecule has 0 aromatic rings. The molecule has 3 heteroatoms. The maximum absolute atomic E-state index is 6.00. The van der Waals surface area contributed by atoms with Gasteiger partial charge in [0, 0.05) is 13.0 Å². The Morgan fingerprint density at radius 2 is 2.00 bits per heavy atom. The van der Waals surface area contributed by atoms with E-state index >= 15 is 0 Å². The van der Waals surface area contributed by atoms with Crippen molar-refractivity contribution in [2.24, 2.45) is 11.8 Å². The van der Waals surface area contributed by atoms with Gasteiger partial charge < -0.3 is 9.47 Å². The summed E-state index contributed by atoms with van der Waals surface area (Å²) in [4.78, 5) is 0. The molecule has 15 heavy (non-hydrogen) atoms. The molecule has 0 bridgehead atoms. The Balaban J connectivity index is 1.93. The summed E-state index contributed by atoms with van der Waals surface area (Å²) in [6.07, 6.45) is 0.949. The van der Waals surface area contributed by atoms with Gasteiger partial charge in [0.1, 0.15) is 5.72 Å². The Kier molecular flexibility index (Phi) is 2.82. The minimum atomic E-state index is -0.200. The van der Waals surface area contributed by atoms with Gasteiger partial charge in [-0.3, -0.25) is 5.32 Å². The first kappa shape index (κ1) is 11.4. The van der Waals surface area contributed by atoms with Crippen molar-refractivity contribution in [1.82, 2.24) is 5.32 Å². The van der Waals surface area contributed by atoms with E-state index in [2.05, 4.69) is 33.0 Å². The van der Waals surface area contributed by atoms with Crippen molar-refractivity contribution >= 4 is 0 Å². The molecule has 0 amide bonds. The van der Waals surface area contributed by atoms with Crippen LogP contribution in [-0.2, 0) is 9.47 Å². The second kappa shape index (κ2) is 3.72. The van der Waals surface area contributed by atoms with Gasteiger partial charge >= 0.3 is 0 Å². The minimum Gasteiger partial charge on any atom is -0.371 e. The highest BCUT2D eigenvalue weighted by atomic mass is 16.6. The van der Waals surface area contributed by atoms with Crippen molar-refractivity contribution in [2.75, 3.05) is 19.8 Å². The molecule has 2 fully saturated rings. The molecule has 2 saturated heterocycles. The molecule has 1 N–H and O–H groups in total. The fraction of sp³-hybridized carbons (Fsp3) is 1.00. The van der Waals surface area contributed by atoms with Crippen LogP contribution in [0.3, 0.4) is 0 Å². The van der Waals surface area contributed by atoms with Crippen molar-refractivity contribution in [3.63, 3.8) is 0 Å². The van der Waals surface area contributed by atoms with Gasteiger partial charge in [0.15, 0.2) is 0 Å². The lowest BCUT2D eigenvalue weighted by Crippen LogP contribution is -2.56. The van der Waals surface area contributed by atoms with Crippen LogP contribution in [0, 0.1) is 11.8 Å². The van der Waals surface area contributed by atoms with E-state index in [1.54, 1.807) is 0 Å². The topological polar surface area (TPSA) is 30.5 Å². The molecule has 0 saturated carbocycles. The third-order valence-electron chi connectivity index (χ3n) is 3.61. The lowest BCUT2D eigenvalue weighted by molar-refractivity contribution is -0.122. The summed E-state index contributed by atoms with van der Waals surface area (Å²) >= 11 is 0. The van der Waals surface area contributed by atoms with Gasteiger partial charge in [0.25, 0.3) is 0 Å². The molecule has 0 aliphatic carbocycles. The number of hydrogen-bond acceptors (Lipinski definition) is 3. The van der Waals surface area contributed by atoms with E-state index in [0.717, 1.165) is 19.6 Å². The van der Waals surface area contributed by atoms with Crippen LogP contribution in [0.1, 0.15) is 34.1 Å². The Morgan fingerprint density at radius 1 is 1.27 bits per heavy atom. The smallest absolute Gasteiger partial charge is 0.145 e. The maximum atomic E-state index is 6.00. The van der Waals surface area contributed by atoms with Crippen LogP contribution in [0.15, 0.2) is 0 Å². The monoisotopic (exact) mass is 213 g/mol. The molecular formula is C12H23NO2. The molecule has 1 spiro atoms. The van der Waals surface area contributed by atoms with E-state index in [9.17, 15) is 0 Å². The highest BCUT2D eigenvalue weighted by molar-refractivity contribution is 4.95. The first-order valence-corrected chi connectivity index (χ1v) is 5.95. The first-order chi connectivity index (χ1) is 6.93. The second-order valence-corrected chi connectivity index (χ2v) is 5.92. The van der Waals surface area contributed by atoms with E-state index in [1.807, 2.05) is 0 Å². The Labute approximate surface area is 92.5 Å². The summed E-state index contributed by atoms with van der Waals surface area (Å²) in [7, 11) is 0. The molecule has 2 aliphatic rings. The van der Waals surface area contributed by atoms with E-state index in [0.29, 0.717) is 18.4 Å². The maximum Gasteiger partial charge on any atom is 0.145 e. The van der Waals surface area contributed by atoms with E-state index in [4.69, 9.17) is 9.47 Å². The molecule has 0 aromatic heterocycles. The third kappa shape index (κ3) is 2.35. The van der Waals surface area contributed by atoms with Gasteiger partial charge in [-0.05, 0) is 25.7 Å². The van der Waals surface area contributed by atoms with Crippen LogP contribution in [0.25, 0.3) is 0 Å². The highest BCUT2D eigenvalue weighted by Gasteiger charge is 2.47. The summed E-state index contributed by atoms with van der Waals surface area (Å²) < 4.78 is 11.7. The Hall–Kier alpha value is -0.120. The molecule has 3 nitrogen and oxygen atoms in total. The number of ether oxygens (including phenoxy) is 2. The predicted molar refractivity (Wildman–Crippen MR) is 59.7 cm³/mol. The third-order valence-corrected chi connectivity index (χ3v) is 3.61. The van der Waals surface area contributed by atoms with Crippen LogP contribution in [0.4, 0.5) is 0 Å². The van der Waals surface area contributed by atoms with Gasteiger partial charge in [-0.2, -0.15) is 0 Å². The molecule has 88 valence electrons. The van der Waals surface area contributed by atoms with Gasteiger partial charge in [-0.25, -0.2) is 0 Å². The van der Waals surface area contributed by atoms with Crippen LogP contribution >= 0.6 is 0 Å². The predicted octanol–water partition coefficient (Wildman–Crippen LogP) is 1.77. The Bertz CT molecular complexity index is 230. The van der Waals surface area contributed by atoms with Crippen molar-refractivity contribution in [3.05, 3.63) is 0 Å². The average Bonchev–Trinajstić information content (AvgIpc) is 2.43. The number of hydrogen-bond donors (Lipinski definition) is 1. The van der Waals surface area contributed by atoms with Gasteiger partial charge in [0.2, 0.25) is 0 Å². The molecule has 0 aromatic carbocycles. The molecule has 2 unspecified atom stereocenters. The molecule has 2 heterocycles. The first-order valence-electron chi connectivity index (χ1n) is 5.95. The van der Waals surface area contributed by atoms with Crippen LogP contribution in [0.5, 0.6) is 0 Å². The van der Waals surface area contributed by atoms with E-state index in [-0.39, 0.29) is 11.3 Å². The van der Waals surface area contributed by atoms with Gasteiger partial charge in [-0.1, -0.05) is 13.8 Å². The Morgan fingerprint density at radius 3 is 2.40 bits per heavy atom. The fourth-order valence-corrected chi connectivity index (χ4v) is 2.43. The molecular weight excluding hydrogens is 190 g/mol. The zero-order valence-electron chi connectivity index (χ0n) is 10.3. The summed E-state index contributed by atoms with van der Waals surface area (Å²) in [5.74, 6) is 1.32. The zero-order chi connectivity index (χ0) is 11.1. The van der Waals surface area contributed by atoms with Crippen LogP contribution < -0.4 is 5.32 Å². The van der Waals surface area contributed by atoms with Gasteiger partial charge in [0.05, 0.1) is 18.8 Å². The summed E-state index contributed by atoms with van der Waals surface area (Å²) in [6.45, 7) is 11.4. The number of rotatable bonds is 1. The average molecular weight is 213 g/mol. The fourth-order valence-electron chi connectivity index (χ4n) is 2.43. The number of nitrogens with one attached hydrogen (secondary N) is 1. The lowest BCUT2D eigenvalue weighted by atomic mass is 9.92. The van der Waals surface area contributed by atoms with Crippen molar-refractivity contribution < 1.29 is 9.47 Å². The summed E-state index contributed by atoms with van der Waals surface area (Å²) in [5.41, 5.74) is -0.243. The SMILES string of the molecule is CC(C)C1CNC2(COC(C)(C)C2)OC1. The van der Waals surface area contributed by atoms with Crippen molar-refractivity contribution in [2.45, 2.75) is 45.4 Å². The van der Waals surface area contributed by atoms with E-state index in [1.165, 1.54) is 0 Å². The normalized spacial score (nSPS) is 40.2. The second-order valence-electron chi connectivity index (χ2n) is 5.92. The van der Waals surface area contributed by atoms with Crippen LogP contribution in [-0.4, -0.2) is 31.1 Å².